The van der Waals surface area contributed by atoms with Gasteiger partial charge >= 0.3 is 0 Å². The van der Waals surface area contributed by atoms with Crippen molar-refractivity contribution in [2.75, 3.05) is 7.11 Å². The second-order valence-corrected chi connectivity index (χ2v) is 7.86. The average Bonchev–Trinajstić information content (AvgIpc) is 3.45. The molecule has 1 N–H and O–H groups in total. The Morgan fingerprint density at radius 1 is 1.37 bits per heavy atom. The van der Waals surface area contributed by atoms with Crippen molar-refractivity contribution in [3.63, 3.8) is 0 Å². The van der Waals surface area contributed by atoms with Gasteiger partial charge < -0.3 is 14.6 Å². The highest BCUT2D eigenvalue weighted by atomic mass is 19.1. The first-order valence-electron chi connectivity index (χ1n) is 10.2. The molecular formula is C22H25FN4O3. The van der Waals surface area contributed by atoms with Crippen LogP contribution >= 0.6 is 0 Å². The molecule has 7 nitrogen and oxygen atoms in total. The van der Waals surface area contributed by atoms with Crippen molar-refractivity contribution in [3.05, 3.63) is 52.5 Å². The van der Waals surface area contributed by atoms with E-state index in [1.54, 1.807) is 22.9 Å². The van der Waals surface area contributed by atoms with Gasteiger partial charge in [0, 0.05) is 36.6 Å². The molecule has 1 aliphatic carbocycles. The lowest BCUT2D eigenvalue weighted by atomic mass is 10.1. The molecular weight excluding hydrogens is 387 g/mol. The first-order valence-corrected chi connectivity index (χ1v) is 10.2. The van der Waals surface area contributed by atoms with Crippen LogP contribution in [0.2, 0.25) is 0 Å². The summed E-state index contributed by atoms with van der Waals surface area (Å²) in [6, 6.07) is 4.56. The highest BCUT2D eigenvalue weighted by molar-refractivity contribution is 5.93. The molecule has 8 heteroatoms. The first kappa shape index (κ1) is 20.1. The van der Waals surface area contributed by atoms with Gasteiger partial charge in [0.15, 0.2) is 0 Å². The number of hydrogen-bond acceptors (Lipinski definition) is 4. The molecule has 1 atom stereocenters. The number of nitrogens with zero attached hydrogens (tertiary/aromatic N) is 3. The number of amides is 1. The Morgan fingerprint density at radius 3 is 2.77 bits per heavy atom. The molecule has 0 aliphatic heterocycles. The third kappa shape index (κ3) is 3.81. The van der Waals surface area contributed by atoms with E-state index in [2.05, 4.69) is 10.3 Å². The van der Waals surface area contributed by atoms with Crippen LogP contribution in [0.25, 0.3) is 16.9 Å². The predicted octanol–water partition coefficient (Wildman–Crippen LogP) is 3.25. The number of hydrogen-bond donors (Lipinski definition) is 1. The molecule has 1 saturated carbocycles. The maximum absolute atomic E-state index is 14.8. The maximum Gasteiger partial charge on any atom is 0.294 e. The van der Waals surface area contributed by atoms with Crippen molar-refractivity contribution in [1.82, 2.24) is 19.3 Å². The molecule has 0 radical (unpaired) electrons. The van der Waals surface area contributed by atoms with Gasteiger partial charge in [-0.25, -0.2) is 9.37 Å². The molecule has 2 heterocycles. The normalized spacial score (nSPS) is 14.7. The molecule has 2 aromatic heterocycles. The molecule has 4 rings (SSSR count). The van der Waals surface area contributed by atoms with Gasteiger partial charge in [-0.2, -0.15) is 0 Å². The van der Waals surface area contributed by atoms with Gasteiger partial charge in [-0.3, -0.25) is 14.0 Å². The Morgan fingerprint density at radius 2 is 2.13 bits per heavy atom. The molecule has 1 fully saturated rings. The zero-order valence-electron chi connectivity index (χ0n) is 17.3. The van der Waals surface area contributed by atoms with E-state index in [0.29, 0.717) is 29.5 Å². The third-order valence-corrected chi connectivity index (χ3v) is 5.53. The summed E-state index contributed by atoms with van der Waals surface area (Å²) in [6.07, 6.45) is 6.05. The zero-order valence-corrected chi connectivity index (χ0v) is 17.3. The van der Waals surface area contributed by atoms with Gasteiger partial charge in [-0.05, 0) is 44.2 Å². The summed E-state index contributed by atoms with van der Waals surface area (Å²) in [5, 5.41) is 2.85. The number of ether oxygens (including phenoxy) is 1. The van der Waals surface area contributed by atoms with E-state index in [9.17, 15) is 14.0 Å². The van der Waals surface area contributed by atoms with Gasteiger partial charge in [0.1, 0.15) is 17.3 Å². The molecule has 1 aromatic carbocycles. The van der Waals surface area contributed by atoms with Crippen LogP contribution in [0.15, 0.2) is 35.4 Å². The number of fused-ring (bicyclic) bond motifs is 1. The second-order valence-electron chi connectivity index (χ2n) is 7.86. The fourth-order valence-corrected chi connectivity index (χ4v) is 3.38. The van der Waals surface area contributed by atoms with Crippen LogP contribution < -0.4 is 15.6 Å². The Labute approximate surface area is 173 Å². The fraction of sp³-hybridized carbons (Fsp3) is 0.409. The monoisotopic (exact) mass is 412 g/mol. The van der Waals surface area contributed by atoms with E-state index in [4.69, 9.17) is 4.74 Å². The Kier molecular flexibility index (Phi) is 5.32. The average molecular weight is 412 g/mol. The lowest BCUT2D eigenvalue weighted by molar-refractivity contribution is 0.0935. The molecule has 1 unspecified atom stereocenters. The Balaban J connectivity index is 1.84. The number of halogens is 1. The van der Waals surface area contributed by atoms with Crippen LogP contribution in [0, 0.1) is 11.7 Å². The minimum Gasteiger partial charge on any atom is -0.497 e. The third-order valence-electron chi connectivity index (χ3n) is 5.53. The summed E-state index contributed by atoms with van der Waals surface area (Å²) >= 11 is 0. The first-order chi connectivity index (χ1) is 14.4. The van der Waals surface area contributed by atoms with Crippen LogP contribution in [0.4, 0.5) is 4.39 Å². The summed E-state index contributed by atoms with van der Waals surface area (Å²) in [7, 11) is 1.47. The van der Waals surface area contributed by atoms with E-state index >= 15 is 0 Å². The Bertz CT molecular complexity index is 1160. The number of carbonyl (C=O) groups is 1. The number of rotatable bonds is 7. The van der Waals surface area contributed by atoms with Gasteiger partial charge in [0.05, 0.1) is 12.8 Å². The fourth-order valence-electron chi connectivity index (χ4n) is 3.38. The number of nitrogens with one attached hydrogen (secondary N) is 1. The van der Waals surface area contributed by atoms with Crippen molar-refractivity contribution < 1.29 is 13.9 Å². The summed E-state index contributed by atoms with van der Waals surface area (Å²) < 4.78 is 23.0. The SMILES string of the molecule is CCC(C)NC(=O)c1cn2cc(-c3ccc(OC)cc3F)n(CC3CC3)c(=O)c2n1. The largest absolute Gasteiger partial charge is 0.497 e. The topological polar surface area (TPSA) is 77.6 Å². The highest BCUT2D eigenvalue weighted by Crippen LogP contribution is 2.33. The molecule has 0 spiro atoms. The van der Waals surface area contributed by atoms with E-state index in [1.165, 1.54) is 23.8 Å². The Hall–Kier alpha value is -3.16. The van der Waals surface area contributed by atoms with E-state index in [1.807, 2.05) is 13.8 Å². The number of carbonyl (C=O) groups excluding carboxylic acids is 1. The van der Waals surface area contributed by atoms with Crippen molar-refractivity contribution in [3.8, 4) is 17.0 Å². The van der Waals surface area contributed by atoms with Crippen molar-refractivity contribution >= 4 is 11.6 Å². The molecule has 158 valence electrons. The summed E-state index contributed by atoms with van der Waals surface area (Å²) in [5.41, 5.74) is 0.734. The van der Waals surface area contributed by atoms with Crippen LogP contribution in [-0.4, -0.2) is 33.0 Å². The van der Waals surface area contributed by atoms with Crippen LogP contribution in [0.3, 0.4) is 0 Å². The molecule has 0 saturated heterocycles. The number of imidazole rings is 1. The molecule has 0 bridgehead atoms. The second kappa shape index (κ2) is 7.93. The number of aromatic nitrogens is 3. The van der Waals surface area contributed by atoms with Crippen LogP contribution in [0.5, 0.6) is 5.75 Å². The molecule has 1 aliphatic rings. The number of benzene rings is 1. The summed E-state index contributed by atoms with van der Waals surface area (Å²) in [4.78, 5) is 30.0. The highest BCUT2D eigenvalue weighted by Gasteiger charge is 2.26. The zero-order chi connectivity index (χ0) is 21.4. The van der Waals surface area contributed by atoms with Gasteiger partial charge in [0.2, 0.25) is 5.65 Å². The minimum absolute atomic E-state index is 0.00204. The molecule has 30 heavy (non-hydrogen) atoms. The van der Waals surface area contributed by atoms with Gasteiger partial charge in [-0.15, -0.1) is 0 Å². The molecule has 3 aromatic rings. The quantitative estimate of drug-likeness (QED) is 0.646. The standard InChI is InChI=1S/C22H25FN4O3/c1-4-13(2)24-21(28)18-11-26-12-19(16-8-7-15(30-3)9-17(16)23)27(10-14-5-6-14)22(29)20(26)25-18/h7-9,11-14H,4-6,10H2,1-3H3,(H,24,28). The lowest BCUT2D eigenvalue weighted by Crippen LogP contribution is -2.32. The van der Waals surface area contributed by atoms with E-state index in [0.717, 1.165) is 19.3 Å². The summed E-state index contributed by atoms with van der Waals surface area (Å²) in [5.74, 6) is -0.0146. The molecule has 1 amide bonds. The van der Waals surface area contributed by atoms with Crippen LogP contribution in [0.1, 0.15) is 43.6 Å². The summed E-state index contributed by atoms with van der Waals surface area (Å²) in [6.45, 7) is 4.37. The maximum atomic E-state index is 14.8. The van der Waals surface area contributed by atoms with Gasteiger partial charge in [-0.1, -0.05) is 6.92 Å². The van der Waals surface area contributed by atoms with E-state index < -0.39 is 5.82 Å². The smallest absolute Gasteiger partial charge is 0.294 e. The van der Waals surface area contributed by atoms with Crippen LogP contribution in [-0.2, 0) is 6.54 Å². The van der Waals surface area contributed by atoms with E-state index in [-0.39, 0.29) is 28.8 Å². The minimum atomic E-state index is -0.479. The van der Waals surface area contributed by atoms with Gasteiger partial charge in [0.25, 0.3) is 11.5 Å². The lowest BCUT2D eigenvalue weighted by Gasteiger charge is -2.14. The van der Waals surface area contributed by atoms with Crippen molar-refractivity contribution in [2.24, 2.45) is 5.92 Å². The van der Waals surface area contributed by atoms with Crippen molar-refractivity contribution in [1.29, 1.82) is 0 Å². The number of methoxy groups -OCH3 is 1. The van der Waals surface area contributed by atoms with Crippen molar-refractivity contribution in [2.45, 2.75) is 45.7 Å². The predicted molar refractivity (Wildman–Crippen MR) is 111 cm³/mol.